The predicted octanol–water partition coefficient (Wildman–Crippen LogP) is 1.36. The fraction of sp³-hybridized carbons (Fsp3) is 0.545. The number of carbonyl (C=O) groups is 2. The molecule has 1 rings (SSSR count). The summed E-state index contributed by atoms with van der Waals surface area (Å²) in [6.07, 6.45) is 1.69. The Hall–Kier alpha value is -1.63. The summed E-state index contributed by atoms with van der Waals surface area (Å²) in [5.74, 6) is -1.20. The molecule has 0 bridgehead atoms. The van der Waals surface area contributed by atoms with Crippen LogP contribution in [0.25, 0.3) is 0 Å². The number of aliphatic carboxylic acids is 1. The fourth-order valence-corrected chi connectivity index (χ4v) is 2.09. The third kappa shape index (κ3) is 4.33. The maximum absolute atomic E-state index is 11.5. The molecule has 7 heteroatoms. The number of carboxylic acids is 1. The number of carbonyl (C=O) groups excluding carboxylic acids is 1. The lowest BCUT2D eigenvalue weighted by atomic mass is 10.1. The second-order valence-electron chi connectivity index (χ2n) is 4.23. The minimum atomic E-state index is -1.03. The van der Waals surface area contributed by atoms with Crippen molar-refractivity contribution in [3.63, 3.8) is 0 Å². The molecule has 0 radical (unpaired) electrons. The molecule has 100 valence electrons. The van der Waals surface area contributed by atoms with Crippen molar-refractivity contribution in [2.24, 2.45) is 5.92 Å². The molecule has 1 aromatic rings. The molecular weight excluding hydrogens is 254 g/mol. The zero-order chi connectivity index (χ0) is 13.7. The van der Waals surface area contributed by atoms with Crippen LogP contribution in [0.15, 0.2) is 6.20 Å². The number of urea groups is 1. The monoisotopic (exact) mass is 271 g/mol. The van der Waals surface area contributed by atoms with Gasteiger partial charge < -0.3 is 15.7 Å². The van der Waals surface area contributed by atoms with E-state index in [1.807, 2.05) is 6.92 Å². The first-order chi connectivity index (χ1) is 8.40. The number of aryl methyl sites for hydroxylation is 1. The highest BCUT2D eigenvalue weighted by Gasteiger charge is 2.23. The number of hydrogen-bond donors (Lipinski definition) is 3. The maximum atomic E-state index is 11.5. The lowest BCUT2D eigenvalue weighted by Crippen LogP contribution is -2.48. The largest absolute Gasteiger partial charge is 0.480 e. The lowest BCUT2D eigenvalue weighted by Gasteiger charge is -2.17. The Balaban J connectivity index is 2.43. The molecule has 0 aromatic carbocycles. The van der Waals surface area contributed by atoms with Gasteiger partial charge in [-0.3, -0.25) is 0 Å². The second-order valence-corrected chi connectivity index (χ2v) is 5.55. The van der Waals surface area contributed by atoms with Crippen LogP contribution in [0.2, 0.25) is 0 Å². The SMILES string of the molecule is Cc1ncc(CNC(=O)N[C@@H](C(=O)O)C(C)C)s1. The van der Waals surface area contributed by atoms with Gasteiger partial charge in [0.25, 0.3) is 0 Å². The molecule has 0 saturated carbocycles. The van der Waals surface area contributed by atoms with Crippen molar-refractivity contribution in [3.8, 4) is 0 Å². The standard InChI is InChI=1S/C11H17N3O3S/c1-6(2)9(10(15)16)14-11(17)13-5-8-4-12-7(3)18-8/h4,6,9H,5H2,1-3H3,(H,15,16)(H2,13,14,17)/t9-/m1/s1. The summed E-state index contributed by atoms with van der Waals surface area (Å²) in [5.41, 5.74) is 0. The van der Waals surface area contributed by atoms with Gasteiger partial charge in [-0.1, -0.05) is 13.8 Å². The number of carboxylic acid groups (broad SMARTS) is 1. The lowest BCUT2D eigenvalue weighted by molar-refractivity contribution is -0.140. The van der Waals surface area contributed by atoms with E-state index in [0.29, 0.717) is 6.54 Å². The van der Waals surface area contributed by atoms with Gasteiger partial charge in [0.15, 0.2) is 0 Å². The molecule has 1 atom stereocenters. The number of rotatable bonds is 5. The van der Waals surface area contributed by atoms with E-state index in [-0.39, 0.29) is 5.92 Å². The molecule has 0 aliphatic carbocycles. The van der Waals surface area contributed by atoms with Gasteiger partial charge in [0.1, 0.15) is 6.04 Å². The van der Waals surface area contributed by atoms with Gasteiger partial charge in [0, 0.05) is 11.1 Å². The van der Waals surface area contributed by atoms with Gasteiger partial charge in [0.05, 0.1) is 11.6 Å². The molecule has 0 spiro atoms. The molecule has 0 aliphatic rings. The highest BCUT2D eigenvalue weighted by Crippen LogP contribution is 2.10. The van der Waals surface area contributed by atoms with Crippen molar-refractivity contribution in [1.29, 1.82) is 0 Å². The van der Waals surface area contributed by atoms with Gasteiger partial charge in [-0.15, -0.1) is 11.3 Å². The Morgan fingerprint density at radius 2 is 2.17 bits per heavy atom. The summed E-state index contributed by atoms with van der Waals surface area (Å²) >= 11 is 1.49. The van der Waals surface area contributed by atoms with E-state index in [2.05, 4.69) is 15.6 Å². The highest BCUT2D eigenvalue weighted by molar-refractivity contribution is 7.11. The van der Waals surface area contributed by atoms with Crippen LogP contribution in [0.1, 0.15) is 23.7 Å². The van der Waals surface area contributed by atoms with Crippen molar-refractivity contribution in [2.45, 2.75) is 33.4 Å². The molecule has 0 saturated heterocycles. The predicted molar refractivity (Wildman–Crippen MR) is 68.5 cm³/mol. The zero-order valence-electron chi connectivity index (χ0n) is 10.6. The van der Waals surface area contributed by atoms with Crippen molar-refractivity contribution < 1.29 is 14.7 Å². The Labute approximate surface area is 109 Å². The topological polar surface area (TPSA) is 91.3 Å². The summed E-state index contributed by atoms with van der Waals surface area (Å²) in [4.78, 5) is 27.4. The fourth-order valence-electron chi connectivity index (χ4n) is 1.36. The van der Waals surface area contributed by atoms with E-state index < -0.39 is 18.0 Å². The number of hydrogen-bond acceptors (Lipinski definition) is 4. The molecule has 2 amide bonds. The molecule has 0 aliphatic heterocycles. The maximum Gasteiger partial charge on any atom is 0.326 e. The van der Waals surface area contributed by atoms with Gasteiger partial charge in [-0.25, -0.2) is 14.6 Å². The van der Waals surface area contributed by atoms with E-state index >= 15 is 0 Å². The quantitative estimate of drug-likeness (QED) is 0.754. The number of thiazole rings is 1. The normalized spacial score (nSPS) is 12.2. The van der Waals surface area contributed by atoms with Crippen molar-refractivity contribution in [1.82, 2.24) is 15.6 Å². The van der Waals surface area contributed by atoms with Crippen LogP contribution in [0.4, 0.5) is 4.79 Å². The molecule has 1 aromatic heterocycles. The van der Waals surface area contributed by atoms with Crippen molar-refractivity contribution >= 4 is 23.3 Å². The van der Waals surface area contributed by atoms with Crippen LogP contribution < -0.4 is 10.6 Å². The summed E-state index contributed by atoms with van der Waals surface area (Å²) in [6, 6.07) is -1.37. The Morgan fingerprint density at radius 1 is 1.50 bits per heavy atom. The van der Waals surface area contributed by atoms with Gasteiger partial charge in [-0.2, -0.15) is 0 Å². The third-order valence-corrected chi connectivity index (χ3v) is 3.22. The molecule has 3 N–H and O–H groups in total. The summed E-state index contributed by atoms with van der Waals surface area (Å²) < 4.78 is 0. The van der Waals surface area contributed by atoms with Crippen LogP contribution in [0.3, 0.4) is 0 Å². The molecule has 1 heterocycles. The molecule has 0 fully saturated rings. The van der Waals surface area contributed by atoms with Crippen LogP contribution in [-0.4, -0.2) is 28.1 Å². The number of amides is 2. The van der Waals surface area contributed by atoms with Gasteiger partial charge in [0.2, 0.25) is 0 Å². The molecule has 0 unspecified atom stereocenters. The number of nitrogens with zero attached hydrogens (tertiary/aromatic N) is 1. The van der Waals surface area contributed by atoms with Gasteiger partial charge >= 0.3 is 12.0 Å². The molecular formula is C11H17N3O3S. The number of nitrogens with one attached hydrogen (secondary N) is 2. The summed E-state index contributed by atoms with van der Waals surface area (Å²) in [7, 11) is 0. The van der Waals surface area contributed by atoms with E-state index in [1.165, 1.54) is 11.3 Å². The summed E-state index contributed by atoms with van der Waals surface area (Å²) in [6.45, 7) is 5.71. The van der Waals surface area contributed by atoms with Crippen molar-refractivity contribution in [3.05, 3.63) is 16.1 Å². The van der Waals surface area contributed by atoms with Crippen LogP contribution in [0, 0.1) is 12.8 Å². The highest BCUT2D eigenvalue weighted by atomic mass is 32.1. The third-order valence-electron chi connectivity index (χ3n) is 2.31. The van der Waals surface area contributed by atoms with Crippen molar-refractivity contribution in [2.75, 3.05) is 0 Å². The first-order valence-electron chi connectivity index (χ1n) is 5.58. The summed E-state index contributed by atoms with van der Waals surface area (Å²) in [5, 5.41) is 14.9. The van der Waals surface area contributed by atoms with Crippen LogP contribution in [0.5, 0.6) is 0 Å². The minimum Gasteiger partial charge on any atom is -0.480 e. The van der Waals surface area contributed by atoms with E-state index in [0.717, 1.165) is 9.88 Å². The average molecular weight is 271 g/mol. The minimum absolute atomic E-state index is 0.168. The molecule has 18 heavy (non-hydrogen) atoms. The first-order valence-corrected chi connectivity index (χ1v) is 6.40. The zero-order valence-corrected chi connectivity index (χ0v) is 11.4. The van der Waals surface area contributed by atoms with Crippen LogP contribution >= 0.6 is 11.3 Å². The second kappa shape index (κ2) is 6.34. The van der Waals surface area contributed by atoms with E-state index in [4.69, 9.17) is 5.11 Å². The average Bonchev–Trinajstić information content (AvgIpc) is 2.68. The van der Waals surface area contributed by atoms with E-state index in [9.17, 15) is 9.59 Å². The number of aromatic nitrogens is 1. The Kier molecular flexibility index (Phi) is 5.08. The smallest absolute Gasteiger partial charge is 0.326 e. The van der Waals surface area contributed by atoms with E-state index in [1.54, 1.807) is 20.0 Å². The van der Waals surface area contributed by atoms with Crippen LogP contribution in [-0.2, 0) is 11.3 Å². The van der Waals surface area contributed by atoms with Gasteiger partial charge in [-0.05, 0) is 12.8 Å². The molecule has 6 nitrogen and oxygen atoms in total. The Morgan fingerprint density at radius 3 is 2.61 bits per heavy atom. The first kappa shape index (κ1) is 14.4. The Bertz CT molecular complexity index is 431.